The average Bonchev–Trinajstić information content (AvgIpc) is 2.67. The van der Waals surface area contributed by atoms with E-state index in [0.717, 1.165) is 16.7 Å². The van der Waals surface area contributed by atoms with E-state index in [-0.39, 0.29) is 11.5 Å². The van der Waals surface area contributed by atoms with Crippen LogP contribution in [0.5, 0.6) is 11.5 Å². The fourth-order valence-corrected chi connectivity index (χ4v) is 4.42. The van der Waals surface area contributed by atoms with Gasteiger partial charge < -0.3 is 9.47 Å². The van der Waals surface area contributed by atoms with Crippen molar-refractivity contribution in [2.45, 2.75) is 39.5 Å². The molecule has 0 aromatic heterocycles. The molecule has 2 aromatic rings. The molecule has 28 heavy (non-hydrogen) atoms. The van der Waals surface area contributed by atoms with Crippen LogP contribution in [0.1, 0.15) is 27.8 Å². The molecule has 0 spiro atoms. The quantitative estimate of drug-likeness (QED) is 0.690. The smallest absolute Gasteiger partial charge is 0.272 e. The second-order valence-electron chi connectivity index (χ2n) is 6.55. The Kier molecular flexibility index (Phi) is 6.69. The number of nitrogens with one attached hydrogen (secondary N) is 2. The molecule has 1 amide bonds. The van der Waals surface area contributed by atoms with Gasteiger partial charge in [-0.25, -0.2) is 8.42 Å². The summed E-state index contributed by atoms with van der Waals surface area (Å²) >= 11 is 0. The number of amides is 1. The number of carbonyl (C=O) groups is 1. The van der Waals surface area contributed by atoms with E-state index in [1.165, 1.54) is 7.11 Å². The molecule has 0 aliphatic rings. The van der Waals surface area contributed by atoms with E-state index < -0.39 is 15.9 Å². The lowest BCUT2D eigenvalue weighted by molar-refractivity contribution is -0.123. The first-order valence-corrected chi connectivity index (χ1v) is 10.2. The second-order valence-corrected chi connectivity index (χ2v) is 8.17. The number of ether oxygens (including phenoxy) is 2. The van der Waals surface area contributed by atoms with Gasteiger partial charge in [-0.3, -0.25) is 10.2 Å². The largest absolute Gasteiger partial charge is 0.493 e. The van der Waals surface area contributed by atoms with Gasteiger partial charge in [0.25, 0.3) is 15.9 Å². The van der Waals surface area contributed by atoms with Gasteiger partial charge in [0.1, 0.15) is 0 Å². The molecule has 0 aliphatic carbocycles. The molecule has 2 rings (SSSR count). The van der Waals surface area contributed by atoms with Crippen molar-refractivity contribution >= 4 is 15.9 Å². The van der Waals surface area contributed by atoms with E-state index in [9.17, 15) is 13.2 Å². The number of hydrazine groups is 1. The summed E-state index contributed by atoms with van der Waals surface area (Å²) in [5.74, 6) is 0.234. The van der Waals surface area contributed by atoms with Gasteiger partial charge in [-0.2, -0.15) is 0 Å². The maximum absolute atomic E-state index is 12.8. The minimum absolute atomic E-state index is 0.180. The molecule has 0 aliphatic heterocycles. The Hall–Kier alpha value is -2.58. The third kappa shape index (κ3) is 4.45. The highest BCUT2D eigenvalue weighted by Gasteiger charge is 2.24. The number of para-hydroxylation sites is 2. The van der Waals surface area contributed by atoms with Gasteiger partial charge in [-0.15, -0.1) is 4.83 Å². The van der Waals surface area contributed by atoms with Crippen LogP contribution in [0.15, 0.2) is 29.2 Å². The molecule has 0 saturated heterocycles. The maximum Gasteiger partial charge on any atom is 0.272 e. The van der Waals surface area contributed by atoms with Crippen molar-refractivity contribution in [3.8, 4) is 11.5 Å². The Labute approximate surface area is 166 Å². The van der Waals surface area contributed by atoms with Crippen molar-refractivity contribution in [3.05, 3.63) is 52.1 Å². The predicted molar refractivity (Wildman–Crippen MR) is 107 cm³/mol. The summed E-state index contributed by atoms with van der Waals surface area (Å²) in [6, 6.07) is 6.87. The monoisotopic (exact) mass is 406 g/mol. The van der Waals surface area contributed by atoms with Crippen LogP contribution >= 0.6 is 0 Å². The van der Waals surface area contributed by atoms with Gasteiger partial charge in [0.2, 0.25) is 0 Å². The molecule has 8 heteroatoms. The van der Waals surface area contributed by atoms with Crippen LogP contribution in [-0.2, 0) is 14.8 Å². The number of methoxy groups -OCH3 is 1. The highest BCUT2D eigenvalue weighted by Crippen LogP contribution is 2.29. The zero-order chi connectivity index (χ0) is 21.1. The topological polar surface area (TPSA) is 93.7 Å². The van der Waals surface area contributed by atoms with Crippen molar-refractivity contribution in [3.63, 3.8) is 0 Å². The van der Waals surface area contributed by atoms with E-state index in [1.54, 1.807) is 38.1 Å². The predicted octanol–water partition coefficient (Wildman–Crippen LogP) is 2.63. The summed E-state index contributed by atoms with van der Waals surface area (Å²) in [6.45, 7) is 8.88. The van der Waals surface area contributed by atoms with Gasteiger partial charge in [-0.05, 0) is 74.6 Å². The third-order valence-electron chi connectivity index (χ3n) is 4.95. The lowest BCUT2D eigenvalue weighted by Gasteiger charge is -2.19. The molecule has 0 radical (unpaired) electrons. The zero-order valence-electron chi connectivity index (χ0n) is 17.0. The van der Waals surface area contributed by atoms with Crippen LogP contribution in [0.3, 0.4) is 0 Å². The summed E-state index contributed by atoms with van der Waals surface area (Å²) < 4.78 is 36.1. The highest BCUT2D eigenvalue weighted by atomic mass is 32.2. The summed E-state index contributed by atoms with van der Waals surface area (Å²) in [4.78, 5) is 14.4. The van der Waals surface area contributed by atoms with Crippen molar-refractivity contribution in [1.82, 2.24) is 10.3 Å². The molecule has 0 unspecified atom stereocenters. The fourth-order valence-electron chi connectivity index (χ4n) is 2.96. The number of benzene rings is 2. The SMILES string of the molecule is COc1ccccc1OCC(=O)NNS(=O)(=O)c1c(C)c(C)c(C)c(C)c1C. The van der Waals surface area contributed by atoms with Crippen LogP contribution in [0.25, 0.3) is 0 Å². The Bertz CT molecular complexity index is 971. The number of sulfonamides is 1. The first-order valence-electron chi connectivity index (χ1n) is 8.73. The lowest BCUT2D eigenvalue weighted by atomic mass is 9.95. The Morgan fingerprint density at radius 2 is 1.39 bits per heavy atom. The molecule has 0 saturated carbocycles. The molecule has 0 bridgehead atoms. The summed E-state index contributed by atoms with van der Waals surface area (Å²) in [7, 11) is -2.44. The van der Waals surface area contributed by atoms with Gasteiger partial charge in [-0.1, -0.05) is 12.1 Å². The molecule has 2 N–H and O–H groups in total. The van der Waals surface area contributed by atoms with Gasteiger partial charge in [0.05, 0.1) is 12.0 Å². The minimum Gasteiger partial charge on any atom is -0.493 e. The molecule has 7 nitrogen and oxygen atoms in total. The van der Waals surface area contributed by atoms with Gasteiger partial charge >= 0.3 is 0 Å². The summed E-state index contributed by atoms with van der Waals surface area (Å²) in [5, 5.41) is 0. The van der Waals surface area contributed by atoms with E-state index in [0.29, 0.717) is 22.6 Å². The van der Waals surface area contributed by atoms with E-state index in [4.69, 9.17) is 9.47 Å². The Morgan fingerprint density at radius 1 is 0.893 bits per heavy atom. The van der Waals surface area contributed by atoms with E-state index in [2.05, 4.69) is 10.3 Å². The first kappa shape index (κ1) is 21.7. The van der Waals surface area contributed by atoms with Crippen LogP contribution < -0.4 is 19.7 Å². The van der Waals surface area contributed by atoms with Crippen molar-refractivity contribution in [2.75, 3.05) is 13.7 Å². The van der Waals surface area contributed by atoms with E-state index >= 15 is 0 Å². The first-order chi connectivity index (χ1) is 13.1. The molecule has 2 aromatic carbocycles. The normalized spacial score (nSPS) is 11.2. The number of rotatable bonds is 7. The Balaban J connectivity index is 2.11. The molecule has 0 fully saturated rings. The average molecular weight is 407 g/mol. The van der Waals surface area contributed by atoms with Crippen LogP contribution in [0.4, 0.5) is 0 Å². The van der Waals surface area contributed by atoms with Crippen LogP contribution in [0, 0.1) is 34.6 Å². The fraction of sp³-hybridized carbons (Fsp3) is 0.350. The minimum atomic E-state index is -3.94. The third-order valence-corrected chi connectivity index (χ3v) is 6.47. The standard InChI is InChI=1S/C20H26N2O5S/c1-12-13(2)15(4)20(16(5)14(12)3)28(24,25)22-21-19(23)11-27-18-10-8-7-9-17(18)26-6/h7-10,22H,11H2,1-6H3,(H,21,23). The van der Waals surface area contributed by atoms with Crippen molar-refractivity contribution in [1.29, 1.82) is 0 Å². The molecular weight excluding hydrogens is 380 g/mol. The lowest BCUT2D eigenvalue weighted by Crippen LogP contribution is -2.44. The summed E-state index contributed by atoms with van der Waals surface area (Å²) in [5.41, 5.74) is 6.40. The number of carbonyl (C=O) groups excluding carboxylic acids is 1. The molecular formula is C20H26N2O5S. The molecule has 0 heterocycles. The Morgan fingerprint density at radius 3 is 1.93 bits per heavy atom. The van der Waals surface area contributed by atoms with Gasteiger partial charge in [0.15, 0.2) is 18.1 Å². The maximum atomic E-state index is 12.8. The van der Waals surface area contributed by atoms with Crippen molar-refractivity contribution in [2.24, 2.45) is 0 Å². The van der Waals surface area contributed by atoms with Crippen molar-refractivity contribution < 1.29 is 22.7 Å². The summed E-state index contributed by atoms with van der Waals surface area (Å²) in [6.07, 6.45) is 0. The van der Waals surface area contributed by atoms with Gasteiger partial charge in [0, 0.05) is 0 Å². The number of hydrogen-bond acceptors (Lipinski definition) is 5. The highest BCUT2D eigenvalue weighted by molar-refractivity contribution is 7.89. The molecule has 152 valence electrons. The number of hydrogen-bond donors (Lipinski definition) is 2. The second kappa shape index (κ2) is 8.62. The molecule has 0 atom stereocenters. The van der Waals surface area contributed by atoms with Crippen LogP contribution in [0.2, 0.25) is 0 Å². The van der Waals surface area contributed by atoms with E-state index in [1.807, 2.05) is 20.8 Å². The van der Waals surface area contributed by atoms with Crippen LogP contribution in [-0.4, -0.2) is 28.0 Å². The zero-order valence-corrected chi connectivity index (χ0v) is 17.8.